The summed E-state index contributed by atoms with van der Waals surface area (Å²) >= 11 is 0. The quantitative estimate of drug-likeness (QED) is 0.663. The van der Waals surface area contributed by atoms with Crippen LogP contribution in [-0.2, 0) is 17.1 Å². The Morgan fingerprint density at radius 1 is 1.10 bits per heavy atom. The molecule has 3 heterocycles. The Hall–Kier alpha value is -3.11. The third kappa shape index (κ3) is 3.83. The second kappa shape index (κ2) is 7.96. The number of sulfonamides is 1. The molecule has 1 aliphatic rings. The van der Waals surface area contributed by atoms with E-state index < -0.39 is 22.2 Å². The van der Waals surface area contributed by atoms with E-state index in [1.165, 1.54) is 29.8 Å². The summed E-state index contributed by atoms with van der Waals surface area (Å²) in [5.74, 6) is 0.168. The SMILES string of the molecule is Cn1c(N[C@@H]2CN(S(=O)(=O)c3ccccc3)C[C@H]2F)nc(-c2ccncc2)cc1=O. The van der Waals surface area contributed by atoms with Crippen molar-refractivity contribution in [3.63, 3.8) is 0 Å². The van der Waals surface area contributed by atoms with E-state index in [-0.39, 0.29) is 29.5 Å². The molecule has 4 rings (SSSR count). The molecule has 1 fully saturated rings. The highest BCUT2D eigenvalue weighted by Crippen LogP contribution is 2.25. The van der Waals surface area contributed by atoms with Crippen molar-refractivity contribution >= 4 is 16.0 Å². The first kappa shape index (κ1) is 20.2. The van der Waals surface area contributed by atoms with E-state index >= 15 is 0 Å². The van der Waals surface area contributed by atoms with Gasteiger partial charge in [-0.2, -0.15) is 4.31 Å². The molecule has 0 unspecified atom stereocenters. The molecule has 2 atom stereocenters. The average Bonchev–Trinajstić information content (AvgIpc) is 3.13. The maximum Gasteiger partial charge on any atom is 0.255 e. The molecule has 2 aromatic heterocycles. The van der Waals surface area contributed by atoms with Gasteiger partial charge in [-0.1, -0.05) is 18.2 Å². The van der Waals surface area contributed by atoms with Crippen LogP contribution in [0.3, 0.4) is 0 Å². The standard InChI is InChI=1S/C20H20FN5O3S/c1-25-19(27)11-17(14-7-9-22-10-8-14)23-20(25)24-18-13-26(12-16(18)21)30(28,29)15-5-3-2-4-6-15/h2-11,16,18H,12-13H2,1H3,(H,23,24)/t16-,18-/m1/s1. The monoisotopic (exact) mass is 429 g/mol. The number of alkyl halides is 1. The van der Waals surface area contributed by atoms with Crippen LogP contribution in [0.2, 0.25) is 0 Å². The Labute approximate surface area is 173 Å². The fourth-order valence-corrected chi connectivity index (χ4v) is 4.80. The van der Waals surface area contributed by atoms with Crippen LogP contribution in [0, 0.1) is 0 Å². The van der Waals surface area contributed by atoms with Crippen molar-refractivity contribution in [1.29, 1.82) is 0 Å². The smallest absolute Gasteiger partial charge is 0.255 e. The zero-order valence-electron chi connectivity index (χ0n) is 16.1. The van der Waals surface area contributed by atoms with Gasteiger partial charge in [-0.05, 0) is 24.3 Å². The minimum atomic E-state index is -3.81. The second-order valence-electron chi connectivity index (χ2n) is 7.00. The number of benzene rings is 1. The largest absolute Gasteiger partial charge is 0.349 e. The molecule has 156 valence electrons. The molecule has 0 bridgehead atoms. The predicted octanol–water partition coefficient (Wildman–Crippen LogP) is 1.67. The first-order valence-electron chi connectivity index (χ1n) is 9.30. The number of nitrogens with zero attached hydrogens (tertiary/aromatic N) is 4. The highest BCUT2D eigenvalue weighted by atomic mass is 32.2. The fraction of sp³-hybridized carbons (Fsp3) is 0.250. The number of hydrogen-bond acceptors (Lipinski definition) is 6. The van der Waals surface area contributed by atoms with E-state index in [2.05, 4.69) is 15.3 Å². The molecule has 1 aromatic carbocycles. The summed E-state index contributed by atoms with van der Waals surface area (Å²) in [6, 6.07) is 11.9. The first-order chi connectivity index (χ1) is 14.4. The van der Waals surface area contributed by atoms with Crippen molar-refractivity contribution in [2.75, 3.05) is 18.4 Å². The molecule has 1 aliphatic heterocycles. The molecule has 0 spiro atoms. The number of pyridine rings is 1. The maximum atomic E-state index is 14.7. The summed E-state index contributed by atoms with van der Waals surface area (Å²) in [5.41, 5.74) is 0.800. The van der Waals surface area contributed by atoms with E-state index in [0.29, 0.717) is 11.3 Å². The van der Waals surface area contributed by atoms with Crippen LogP contribution in [0.5, 0.6) is 0 Å². The van der Waals surface area contributed by atoms with Gasteiger partial charge in [0.25, 0.3) is 5.56 Å². The second-order valence-corrected chi connectivity index (χ2v) is 8.94. The Morgan fingerprint density at radius 3 is 2.50 bits per heavy atom. The van der Waals surface area contributed by atoms with Gasteiger partial charge in [0.2, 0.25) is 16.0 Å². The van der Waals surface area contributed by atoms with Crippen LogP contribution in [0.15, 0.2) is 70.6 Å². The number of anilines is 1. The molecule has 0 amide bonds. The molecular weight excluding hydrogens is 409 g/mol. The molecule has 1 N–H and O–H groups in total. The van der Waals surface area contributed by atoms with E-state index in [1.807, 2.05) is 0 Å². The summed E-state index contributed by atoms with van der Waals surface area (Å²) in [6.45, 7) is -0.347. The van der Waals surface area contributed by atoms with Crippen molar-refractivity contribution in [1.82, 2.24) is 18.8 Å². The molecule has 0 saturated carbocycles. The fourth-order valence-electron chi connectivity index (χ4n) is 3.31. The summed E-state index contributed by atoms with van der Waals surface area (Å²) < 4.78 is 42.7. The van der Waals surface area contributed by atoms with Crippen molar-refractivity contribution in [3.8, 4) is 11.3 Å². The third-order valence-corrected chi connectivity index (χ3v) is 6.87. The maximum absolute atomic E-state index is 14.7. The average molecular weight is 429 g/mol. The van der Waals surface area contributed by atoms with Crippen molar-refractivity contribution < 1.29 is 12.8 Å². The molecule has 8 nitrogen and oxygen atoms in total. The molecule has 0 aliphatic carbocycles. The lowest BCUT2D eigenvalue weighted by atomic mass is 10.2. The molecule has 30 heavy (non-hydrogen) atoms. The summed E-state index contributed by atoms with van der Waals surface area (Å²) in [5, 5.41) is 2.92. The molecule has 1 saturated heterocycles. The highest BCUT2D eigenvalue weighted by Gasteiger charge is 2.40. The topological polar surface area (TPSA) is 97.2 Å². The van der Waals surface area contributed by atoms with Gasteiger partial charge < -0.3 is 5.32 Å². The Kier molecular flexibility index (Phi) is 5.35. The lowest BCUT2D eigenvalue weighted by Crippen LogP contribution is -2.34. The Bertz CT molecular complexity index is 1200. The van der Waals surface area contributed by atoms with Gasteiger partial charge in [0.1, 0.15) is 6.17 Å². The van der Waals surface area contributed by atoms with E-state index in [1.54, 1.807) is 42.7 Å². The van der Waals surface area contributed by atoms with Crippen molar-refractivity contribution in [2.24, 2.45) is 7.05 Å². The molecular formula is C20H20FN5O3S. The van der Waals surface area contributed by atoms with Crippen molar-refractivity contribution in [2.45, 2.75) is 17.1 Å². The van der Waals surface area contributed by atoms with Gasteiger partial charge in [-0.3, -0.25) is 14.3 Å². The van der Waals surface area contributed by atoms with Gasteiger partial charge in [-0.25, -0.2) is 17.8 Å². The number of rotatable bonds is 5. The van der Waals surface area contributed by atoms with Gasteiger partial charge >= 0.3 is 0 Å². The summed E-state index contributed by atoms with van der Waals surface area (Å²) in [7, 11) is -2.29. The van der Waals surface area contributed by atoms with Crippen LogP contribution < -0.4 is 10.9 Å². The Morgan fingerprint density at radius 2 is 1.80 bits per heavy atom. The number of hydrogen-bond donors (Lipinski definition) is 1. The van der Waals surface area contributed by atoms with E-state index in [9.17, 15) is 17.6 Å². The van der Waals surface area contributed by atoms with E-state index in [4.69, 9.17) is 0 Å². The summed E-state index contributed by atoms with van der Waals surface area (Å²) in [4.78, 5) is 20.9. The van der Waals surface area contributed by atoms with Crippen LogP contribution in [0.25, 0.3) is 11.3 Å². The number of nitrogens with one attached hydrogen (secondary N) is 1. The third-order valence-electron chi connectivity index (χ3n) is 5.02. The minimum Gasteiger partial charge on any atom is -0.349 e. The lowest BCUT2D eigenvalue weighted by molar-refractivity contribution is 0.329. The van der Waals surface area contributed by atoms with Crippen LogP contribution in [-0.4, -0.2) is 52.6 Å². The van der Waals surface area contributed by atoms with Gasteiger partial charge in [0.15, 0.2) is 0 Å². The highest BCUT2D eigenvalue weighted by molar-refractivity contribution is 7.89. The summed E-state index contributed by atoms with van der Waals surface area (Å²) in [6.07, 6.45) is 1.72. The number of aromatic nitrogens is 3. The van der Waals surface area contributed by atoms with E-state index in [0.717, 1.165) is 4.31 Å². The lowest BCUT2D eigenvalue weighted by Gasteiger charge is -2.19. The van der Waals surface area contributed by atoms with Gasteiger partial charge in [-0.15, -0.1) is 0 Å². The predicted molar refractivity (Wildman–Crippen MR) is 110 cm³/mol. The van der Waals surface area contributed by atoms with Crippen LogP contribution in [0.1, 0.15) is 0 Å². The van der Waals surface area contributed by atoms with Gasteiger partial charge in [0, 0.05) is 44.2 Å². The zero-order valence-corrected chi connectivity index (χ0v) is 17.0. The Balaban J connectivity index is 1.59. The molecule has 10 heteroatoms. The first-order valence-corrected chi connectivity index (χ1v) is 10.7. The van der Waals surface area contributed by atoms with Crippen LogP contribution in [0.4, 0.5) is 10.3 Å². The molecule has 3 aromatic rings. The van der Waals surface area contributed by atoms with Crippen LogP contribution >= 0.6 is 0 Å². The minimum absolute atomic E-state index is 0.0756. The zero-order chi connectivity index (χ0) is 21.3. The molecule has 0 radical (unpaired) electrons. The normalized spacial score (nSPS) is 19.7. The number of halogens is 1. The van der Waals surface area contributed by atoms with Crippen molar-refractivity contribution in [3.05, 3.63) is 71.3 Å². The van der Waals surface area contributed by atoms with Gasteiger partial charge in [0.05, 0.1) is 16.6 Å².